The van der Waals surface area contributed by atoms with Crippen LogP contribution in [0.25, 0.3) is 0 Å². The number of nitrogens with two attached hydrogens (primary N) is 1. The van der Waals surface area contributed by atoms with Crippen molar-refractivity contribution in [2.45, 2.75) is 149 Å². The Bertz CT molecular complexity index is 1530. The van der Waals surface area contributed by atoms with Crippen molar-refractivity contribution in [1.82, 2.24) is 5.01 Å². The molecular weight excluding hydrogens is 619 g/mol. The number of fused-ring (bicyclic) bond motifs is 2. The molecule has 0 amide bonds. The summed E-state index contributed by atoms with van der Waals surface area (Å²) in [4.78, 5) is 0. The molecule has 2 saturated heterocycles. The monoisotopic (exact) mass is 686 g/mol. The zero-order valence-electron chi connectivity index (χ0n) is 32.8. The molecule has 0 aromatic carbocycles. The first kappa shape index (κ1) is 35.2. The van der Waals surface area contributed by atoms with Gasteiger partial charge in [0.25, 0.3) is 0 Å². The van der Waals surface area contributed by atoms with Gasteiger partial charge in [0, 0.05) is 28.0 Å². The molecule has 3 saturated carbocycles. The van der Waals surface area contributed by atoms with Crippen molar-refractivity contribution in [1.29, 1.82) is 0 Å². The second-order valence-corrected chi connectivity index (χ2v) is 19.6. The third-order valence-electron chi connectivity index (χ3n) is 17.1. The highest BCUT2D eigenvalue weighted by molar-refractivity contribution is 5.57. The number of hydrogen-bond donors (Lipinski definition) is 1. The fraction of sp³-hybridized carbons (Fsp3) is 0.795. The molecule has 2 bridgehead atoms. The average molecular weight is 686 g/mol. The molecule has 1 spiro atoms. The van der Waals surface area contributed by atoms with Crippen molar-refractivity contribution >= 4 is 6.21 Å². The third-order valence-corrected chi connectivity index (χ3v) is 17.1. The van der Waals surface area contributed by atoms with Gasteiger partial charge in [-0.25, -0.2) is 0 Å². The summed E-state index contributed by atoms with van der Waals surface area (Å²) in [6.07, 6.45) is 22.0. The van der Waals surface area contributed by atoms with E-state index in [1.807, 2.05) is 6.08 Å². The SMILES string of the molecule is C=CC1=CCCCC=NN1C1CC23C4=CCC56C=C7OC(C(C)C(C)C)(CCC5(C)C4CCC2C(C)(COC3C)C1OCC(C)(N)C(C)C)C76. The van der Waals surface area contributed by atoms with Crippen LogP contribution in [0.5, 0.6) is 0 Å². The van der Waals surface area contributed by atoms with Crippen molar-refractivity contribution in [2.75, 3.05) is 13.2 Å². The van der Waals surface area contributed by atoms with Crippen LogP contribution in [-0.2, 0) is 14.2 Å². The largest absolute Gasteiger partial charge is 0.490 e. The van der Waals surface area contributed by atoms with Gasteiger partial charge in [-0.3, -0.25) is 5.01 Å². The normalized spacial score (nSPS) is 47.6. The van der Waals surface area contributed by atoms with E-state index in [2.05, 4.69) is 98.3 Å². The molecule has 8 aliphatic rings. The van der Waals surface area contributed by atoms with Gasteiger partial charge in [-0.15, -0.1) is 0 Å². The zero-order chi connectivity index (χ0) is 35.6. The molecular formula is C44H67N3O3. The highest BCUT2D eigenvalue weighted by Gasteiger charge is 2.79. The van der Waals surface area contributed by atoms with E-state index in [1.165, 1.54) is 31.4 Å². The lowest BCUT2D eigenvalue weighted by Crippen LogP contribution is -2.77. The van der Waals surface area contributed by atoms with Crippen LogP contribution in [0.4, 0.5) is 0 Å². The van der Waals surface area contributed by atoms with Crippen LogP contribution >= 0.6 is 0 Å². The maximum absolute atomic E-state index is 7.24. The number of hydrogen-bond acceptors (Lipinski definition) is 6. The summed E-state index contributed by atoms with van der Waals surface area (Å²) < 4.78 is 21.1. The zero-order valence-corrected chi connectivity index (χ0v) is 32.8. The topological polar surface area (TPSA) is 69.3 Å². The van der Waals surface area contributed by atoms with Gasteiger partial charge in [0.1, 0.15) is 11.4 Å². The van der Waals surface area contributed by atoms with Crippen molar-refractivity contribution in [2.24, 2.45) is 68.0 Å². The van der Waals surface area contributed by atoms with E-state index < -0.39 is 5.54 Å². The lowest BCUT2D eigenvalue weighted by Gasteiger charge is -2.78. The van der Waals surface area contributed by atoms with Crippen molar-refractivity contribution in [3.05, 3.63) is 47.9 Å². The molecule has 2 N–H and O–H groups in total. The summed E-state index contributed by atoms with van der Waals surface area (Å²) in [5.41, 5.74) is 9.49. The van der Waals surface area contributed by atoms with E-state index in [0.29, 0.717) is 48.7 Å². The quantitative estimate of drug-likeness (QED) is 0.258. The maximum atomic E-state index is 7.24. The van der Waals surface area contributed by atoms with Gasteiger partial charge in [-0.1, -0.05) is 72.8 Å². The smallest absolute Gasteiger partial charge is 0.122 e. The van der Waals surface area contributed by atoms with E-state index in [0.717, 1.165) is 37.8 Å². The van der Waals surface area contributed by atoms with Crippen molar-refractivity contribution in [3.8, 4) is 0 Å². The number of ether oxygens (including phenoxy) is 3. The first-order chi connectivity index (χ1) is 23.6. The molecule has 0 radical (unpaired) electrons. The van der Waals surface area contributed by atoms with E-state index in [9.17, 15) is 0 Å². The first-order valence-electron chi connectivity index (χ1n) is 20.4. The summed E-state index contributed by atoms with van der Waals surface area (Å²) in [6, 6.07) is 0.0497. The summed E-state index contributed by atoms with van der Waals surface area (Å²) in [5, 5.41) is 7.57. The maximum Gasteiger partial charge on any atom is 0.122 e. The predicted molar refractivity (Wildman–Crippen MR) is 202 cm³/mol. The van der Waals surface area contributed by atoms with Gasteiger partial charge < -0.3 is 19.9 Å². The Hall–Kier alpha value is -1.89. The van der Waals surface area contributed by atoms with Crippen LogP contribution in [0, 0.1) is 57.2 Å². The summed E-state index contributed by atoms with van der Waals surface area (Å²) >= 11 is 0. The van der Waals surface area contributed by atoms with Crippen molar-refractivity contribution < 1.29 is 14.2 Å². The molecule has 8 rings (SSSR count). The number of hydrazone groups is 1. The van der Waals surface area contributed by atoms with Gasteiger partial charge in [0.15, 0.2) is 0 Å². The Morgan fingerprint density at radius 2 is 1.92 bits per heavy atom. The lowest BCUT2D eigenvalue weighted by atomic mass is 9.31. The Morgan fingerprint density at radius 1 is 1.14 bits per heavy atom. The third kappa shape index (κ3) is 4.34. The van der Waals surface area contributed by atoms with Gasteiger partial charge in [-0.2, -0.15) is 5.10 Å². The van der Waals surface area contributed by atoms with Crippen LogP contribution < -0.4 is 5.73 Å². The molecule has 0 aromatic rings. The number of allylic oxidation sites excluding steroid dienone is 4. The average Bonchev–Trinajstić information content (AvgIpc) is 3.04. The minimum absolute atomic E-state index is 0.0172. The van der Waals surface area contributed by atoms with Crippen LogP contribution in [0.3, 0.4) is 0 Å². The van der Waals surface area contributed by atoms with Crippen LogP contribution in [0.1, 0.15) is 120 Å². The summed E-state index contributed by atoms with van der Waals surface area (Å²) in [7, 11) is 0. The lowest BCUT2D eigenvalue weighted by molar-refractivity contribution is -0.310. The second-order valence-electron chi connectivity index (χ2n) is 19.6. The van der Waals surface area contributed by atoms with E-state index in [4.69, 9.17) is 25.0 Å². The van der Waals surface area contributed by atoms with E-state index in [-0.39, 0.29) is 45.5 Å². The molecule has 3 aliphatic heterocycles. The molecule has 13 unspecified atom stereocenters. The molecule has 6 heteroatoms. The standard InChI is InChI=1S/C44H67N3O3/c1-11-31-15-13-12-14-22-46-47(31)34-23-43-30(7)48-25-39(8,38(34)49-26-41(10,45)28(4)5)36(43)17-16-32-33(43)18-19-42-24-35-37(42)44(50-35,29(6)27(2)3)21-20-40(32,42)9/h11,15,18,22,24,27-30,32,34,36-38H,1,12-14,16-17,19-21,23,25-26,45H2,2-10H3. The van der Waals surface area contributed by atoms with Crippen molar-refractivity contribution in [3.63, 3.8) is 0 Å². The summed E-state index contributed by atoms with van der Waals surface area (Å²) in [6.45, 7) is 26.9. The second kappa shape index (κ2) is 11.6. The fourth-order valence-corrected chi connectivity index (χ4v) is 13.3. The minimum Gasteiger partial charge on any atom is -0.490 e. The Labute approximate surface area is 303 Å². The van der Waals surface area contributed by atoms with Crippen LogP contribution in [0.2, 0.25) is 0 Å². The van der Waals surface area contributed by atoms with Gasteiger partial charge in [0.2, 0.25) is 0 Å². The Balaban J connectivity index is 1.23. The van der Waals surface area contributed by atoms with Crippen LogP contribution in [0.15, 0.2) is 53.0 Å². The highest BCUT2D eigenvalue weighted by Crippen LogP contribution is 2.81. The Kier molecular flexibility index (Phi) is 8.12. The molecule has 0 aromatic heterocycles. The van der Waals surface area contributed by atoms with Gasteiger partial charge in [0.05, 0.1) is 43.1 Å². The van der Waals surface area contributed by atoms with E-state index in [1.54, 1.807) is 5.57 Å². The van der Waals surface area contributed by atoms with Gasteiger partial charge in [-0.05, 0) is 119 Å². The molecule has 50 heavy (non-hydrogen) atoms. The Morgan fingerprint density at radius 3 is 2.62 bits per heavy atom. The minimum atomic E-state index is -0.426. The van der Waals surface area contributed by atoms with Crippen LogP contribution in [-0.4, -0.2) is 53.8 Å². The molecule has 276 valence electrons. The first-order valence-corrected chi connectivity index (χ1v) is 20.4. The predicted octanol–water partition coefficient (Wildman–Crippen LogP) is 9.19. The highest BCUT2D eigenvalue weighted by atomic mass is 16.5. The molecule has 6 nitrogen and oxygen atoms in total. The fourth-order valence-electron chi connectivity index (χ4n) is 13.3. The molecule has 5 aliphatic carbocycles. The molecule has 3 heterocycles. The summed E-state index contributed by atoms with van der Waals surface area (Å²) in [5.74, 6) is 4.38. The van der Waals surface area contributed by atoms with Gasteiger partial charge >= 0.3 is 0 Å². The molecule has 13 atom stereocenters. The number of nitrogens with zero attached hydrogens (tertiary/aromatic N) is 2. The van der Waals surface area contributed by atoms with E-state index >= 15 is 0 Å². The number of rotatable bonds is 8. The molecule has 5 fully saturated rings.